The number of hydrogen-bond donors (Lipinski definition) is 1. The van der Waals surface area contributed by atoms with E-state index in [1.807, 2.05) is 6.92 Å². The number of rotatable bonds is 2. The topological polar surface area (TPSA) is 55.3 Å². The minimum absolute atomic E-state index is 0.348. The maximum Gasteiger partial charge on any atom is 0.191 e. The largest absolute Gasteiger partial charge is 0.446 e. The van der Waals surface area contributed by atoms with Crippen LogP contribution >= 0.6 is 0 Å². The van der Waals surface area contributed by atoms with Gasteiger partial charge in [-0.2, -0.15) is 0 Å². The second-order valence-electron chi connectivity index (χ2n) is 3.87. The minimum atomic E-state index is 0.348. The van der Waals surface area contributed by atoms with E-state index in [9.17, 15) is 0 Å². The molecule has 2 heterocycles. The second kappa shape index (κ2) is 3.71. The van der Waals surface area contributed by atoms with E-state index in [1.54, 1.807) is 0 Å². The van der Waals surface area contributed by atoms with Crippen molar-refractivity contribution in [3.63, 3.8) is 0 Å². The third kappa shape index (κ3) is 1.55. The van der Waals surface area contributed by atoms with Gasteiger partial charge >= 0.3 is 0 Å². The lowest BCUT2D eigenvalue weighted by Crippen LogP contribution is -2.33. The molecule has 4 heteroatoms. The first-order valence-corrected chi connectivity index (χ1v) is 5.09. The van der Waals surface area contributed by atoms with E-state index in [2.05, 4.69) is 16.9 Å². The molecule has 0 fully saturated rings. The monoisotopic (exact) mass is 195 g/mol. The summed E-state index contributed by atoms with van der Waals surface area (Å²) in [4.78, 5) is 6.74. The van der Waals surface area contributed by atoms with E-state index >= 15 is 0 Å². The number of likely N-dealkylation sites (N-methyl/N-ethyl adjacent to an activating group) is 1. The predicted octanol–water partition coefficient (Wildman–Crippen LogP) is 0.861. The summed E-state index contributed by atoms with van der Waals surface area (Å²) in [7, 11) is 2.12. The van der Waals surface area contributed by atoms with E-state index in [4.69, 9.17) is 10.2 Å². The zero-order chi connectivity index (χ0) is 10.1. The summed E-state index contributed by atoms with van der Waals surface area (Å²) in [6.07, 6.45) is 1.92. The average molecular weight is 195 g/mol. The Bertz CT molecular complexity index is 321. The van der Waals surface area contributed by atoms with Crippen LogP contribution in [0.2, 0.25) is 0 Å². The first-order chi connectivity index (χ1) is 6.72. The molecule has 0 aromatic carbocycles. The molecule has 2 N–H and O–H groups in total. The molecule has 1 aliphatic rings. The van der Waals surface area contributed by atoms with Crippen molar-refractivity contribution >= 4 is 0 Å². The van der Waals surface area contributed by atoms with Gasteiger partial charge < -0.3 is 10.2 Å². The number of aryl methyl sites for hydroxylation is 1. The molecule has 0 aliphatic carbocycles. The van der Waals surface area contributed by atoms with Gasteiger partial charge in [0.2, 0.25) is 0 Å². The maximum atomic E-state index is 5.60. The Labute approximate surface area is 84.1 Å². The molecule has 0 spiro atoms. The van der Waals surface area contributed by atoms with Crippen molar-refractivity contribution in [2.45, 2.75) is 25.8 Å². The van der Waals surface area contributed by atoms with Crippen LogP contribution in [0, 0.1) is 6.92 Å². The number of fused-ring (bicyclic) bond motifs is 1. The van der Waals surface area contributed by atoms with Gasteiger partial charge in [-0.05, 0) is 20.0 Å². The molecular formula is C10H17N3O. The summed E-state index contributed by atoms with van der Waals surface area (Å²) in [5, 5.41) is 0. The molecule has 0 amide bonds. The van der Waals surface area contributed by atoms with Crippen molar-refractivity contribution in [3.8, 4) is 0 Å². The Kier molecular flexibility index (Phi) is 2.56. The molecule has 1 atom stereocenters. The molecule has 1 aliphatic heterocycles. The molecule has 1 aromatic rings. The van der Waals surface area contributed by atoms with Crippen LogP contribution < -0.4 is 5.73 Å². The molecule has 0 saturated carbocycles. The average Bonchev–Trinajstić information content (AvgIpc) is 2.51. The van der Waals surface area contributed by atoms with Crippen LogP contribution in [-0.2, 0) is 6.42 Å². The van der Waals surface area contributed by atoms with Gasteiger partial charge in [0.05, 0.1) is 11.7 Å². The summed E-state index contributed by atoms with van der Waals surface area (Å²) in [6, 6.07) is 0.348. The smallest absolute Gasteiger partial charge is 0.191 e. The molecule has 0 saturated heterocycles. The fraction of sp³-hybridized carbons (Fsp3) is 0.700. The molecule has 1 unspecified atom stereocenters. The van der Waals surface area contributed by atoms with E-state index in [0.717, 1.165) is 36.7 Å². The summed E-state index contributed by atoms with van der Waals surface area (Å²) >= 11 is 0. The first kappa shape index (κ1) is 9.68. The normalized spacial score (nSPS) is 22.4. The summed E-state index contributed by atoms with van der Waals surface area (Å²) < 4.78 is 5.55. The van der Waals surface area contributed by atoms with Crippen molar-refractivity contribution in [2.24, 2.45) is 5.73 Å². The van der Waals surface area contributed by atoms with Gasteiger partial charge in [-0.1, -0.05) is 0 Å². The third-order valence-electron chi connectivity index (χ3n) is 2.81. The van der Waals surface area contributed by atoms with E-state index < -0.39 is 0 Å². The Morgan fingerprint density at radius 3 is 3.14 bits per heavy atom. The number of aromatic nitrogens is 1. The van der Waals surface area contributed by atoms with E-state index in [0.29, 0.717) is 12.6 Å². The van der Waals surface area contributed by atoms with Crippen LogP contribution in [-0.4, -0.2) is 30.0 Å². The highest BCUT2D eigenvalue weighted by molar-refractivity contribution is 5.18. The van der Waals surface area contributed by atoms with Crippen LogP contribution in [0.5, 0.6) is 0 Å². The number of hydrogen-bond acceptors (Lipinski definition) is 4. The fourth-order valence-corrected chi connectivity index (χ4v) is 2.08. The van der Waals surface area contributed by atoms with E-state index in [1.165, 1.54) is 0 Å². The molecule has 4 nitrogen and oxygen atoms in total. The predicted molar refractivity (Wildman–Crippen MR) is 54.0 cm³/mol. The Balaban J connectivity index is 2.30. The van der Waals surface area contributed by atoms with Gasteiger partial charge in [0.25, 0.3) is 0 Å². The molecule has 1 aromatic heterocycles. The number of nitrogens with zero attached hydrogens (tertiary/aromatic N) is 2. The number of nitrogens with two attached hydrogens (primary N) is 1. The highest BCUT2D eigenvalue weighted by atomic mass is 16.4. The lowest BCUT2D eigenvalue weighted by Gasteiger charge is -2.30. The molecular weight excluding hydrogens is 178 g/mol. The van der Waals surface area contributed by atoms with Gasteiger partial charge in [0.1, 0.15) is 5.76 Å². The first-order valence-electron chi connectivity index (χ1n) is 5.09. The van der Waals surface area contributed by atoms with Crippen LogP contribution in [0.15, 0.2) is 4.42 Å². The third-order valence-corrected chi connectivity index (χ3v) is 2.81. The lowest BCUT2D eigenvalue weighted by atomic mass is 10.0. The van der Waals surface area contributed by atoms with Crippen molar-refractivity contribution in [1.29, 1.82) is 0 Å². The van der Waals surface area contributed by atoms with Crippen molar-refractivity contribution in [3.05, 3.63) is 17.3 Å². The zero-order valence-corrected chi connectivity index (χ0v) is 8.79. The lowest BCUT2D eigenvalue weighted by molar-refractivity contribution is 0.208. The van der Waals surface area contributed by atoms with Gasteiger partial charge in [-0.15, -0.1) is 0 Å². The van der Waals surface area contributed by atoms with Crippen LogP contribution in [0.3, 0.4) is 0 Å². The summed E-state index contributed by atoms with van der Waals surface area (Å²) in [6.45, 7) is 3.63. The Hall–Kier alpha value is -0.870. The van der Waals surface area contributed by atoms with Gasteiger partial charge in [0.15, 0.2) is 5.89 Å². The second-order valence-corrected chi connectivity index (χ2v) is 3.87. The van der Waals surface area contributed by atoms with Gasteiger partial charge in [-0.25, -0.2) is 4.98 Å². The molecule has 14 heavy (non-hydrogen) atoms. The quantitative estimate of drug-likeness (QED) is 0.760. The van der Waals surface area contributed by atoms with Gasteiger partial charge in [0, 0.05) is 19.9 Å². The highest BCUT2D eigenvalue weighted by Gasteiger charge is 2.28. The van der Waals surface area contributed by atoms with Crippen molar-refractivity contribution in [2.75, 3.05) is 20.1 Å². The van der Waals surface area contributed by atoms with E-state index in [-0.39, 0.29) is 0 Å². The standard InChI is InChI=1S/C10H17N3O/c1-7-12-10-8(3-5-11)13(2)6-4-9(10)14-7/h8H,3-6,11H2,1-2H3. The highest BCUT2D eigenvalue weighted by Crippen LogP contribution is 2.30. The molecule has 2 rings (SSSR count). The zero-order valence-electron chi connectivity index (χ0n) is 8.79. The van der Waals surface area contributed by atoms with Gasteiger partial charge in [-0.3, -0.25) is 4.90 Å². The summed E-state index contributed by atoms with van der Waals surface area (Å²) in [5.41, 5.74) is 6.70. The van der Waals surface area contributed by atoms with Crippen molar-refractivity contribution in [1.82, 2.24) is 9.88 Å². The molecule has 0 bridgehead atoms. The van der Waals surface area contributed by atoms with Crippen molar-refractivity contribution < 1.29 is 4.42 Å². The molecule has 78 valence electrons. The maximum absolute atomic E-state index is 5.60. The summed E-state index contributed by atoms with van der Waals surface area (Å²) in [5.74, 6) is 1.83. The fourth-order valence-electron chi connectivity index (χ4n) is 2.08. The number of oxazole rings is 1. The SMILES string of the molecule is Cc1nc2c(o1)CCN(C)C2CCN. The van der Waals surface area contributed by atoms with Crippen LogP contribution in [0.4, 0.5) is 0 Å². The van der Waals surface area contributed by atoms with Crippen LogP contribution in [0.25, 0.3) is 0 Å². The Morgan fingerprint density at radius 1 is 1.64 bits per heavy atom. The molecule has 0 radical (unpaired) electrons. The minimum Gasteiger partial charge on any atom is -0.446 e. The van der Waals surface area contributed by atoms with Crippen LogP contribution in [0.1, 0.15) is 29.8 Å². The Morgan fingerprint density at radius 2 is 2.43 bits per heavy atom.